The van der Waals surface area contributed by atoms with Crippen molar-refractivity contribution in [3.8, 4) is 0 Å². The molecule has 0 saturated heterocycles. The van der Waals surface area contributed by atoms with Crippen LogP contribution in [0.2, 0.25) is 0 Å². The van der Waals surface area contributed by atoms with Crippen molar-refractivity contribution in [2.24, 2.45) is 5.84 Å². The average Bonchev–Trinajstić information content (AvgIpc) is 2.39. The summed E-state index contributed by atoms with van der Waals surface area (Å²) in [5, 5.41) is 6.19. The lowest BCUT2D eigenvalue weighted by molar-refractivity contribution is 0.197. The van der Waals surface area contributed by atoms with Crippen molar-refractivity contribution in [1.29, 1.82) is 0 Å². The van der Waals surface area contributed by atoms with Gasteiger partial charge in [0.15, 0.2) is 0 Å². The van der Waals surface area contributed by atoms with E-state index < -0.39 is 0 Å². The predicted molar refractivity (Wildman–Crippen MR) is 72.8 cm³/mol. The average molecular weight is 243 g/mol. The third-order valence-corrected chi connectivity index (χ3v) is 2.76. The van der Waals surface area contributed by atoms with E-state index in [2.05, 4.69) is 17.4 Å². The fourth-order valence-corrected chi connectivity index (χ4v) is 1.86. The van der Waals surface area contributed by atoms with Crippen molar-refractivity contribution in [3.05, 3.63) is 48.0 Å². The highest BCUT2D eigenvalue weighted by molar-refractivity contribution is 5.83. The first-order valence-corrected chi connectivity index (χ1v) is 5.98. The SMILES string of the molecule is CCNC(=O)N(N)Cc1ccc2ccccc2c1. The van der Waals surface area contributed by atoms with Crippen LogP contribution in [0, 0.1) is 0 Å². The maximum atomic E-state index is 11.5. The number of hydrazine groups is 1. The number of fused-ring (bicyclic) bond motifs is 1. The van der Waals surface area contributed by atoms with Crippen molar-refractivity contribution < 1.29 is 4.79 Å². The minimum Gasteiger partial charge on any atom is -0.337 e. The van der Waals surface area contributed by atoms with Crippen LogP contribution in [-0.2, 0) is 6.54 Å². The van der Waals surface area contributed by atoms with Crippen LogP contribution in [0.3, 0.4) is 0 Å². The second kappa shape index (κ2) is 5.51. The van der Waals surface area contributed by atoms with E-state index in [9.17, 15) is 4.79 Å². The Balaban J connectivity index is 2.14. The molecule has 0 aliphatic carbocycles. The molecule has 0 bridgehead atoms. The maximum absolute atomic E-state index is 11.5. The fourth-order valence-electron chi connectivity index (χ4n) is 1.86. The molecule has 0 spiro atoms. The van der Waals surface area contributed by atoms with E-state index in [-0.39, 0.29) is 6.03 Å². The topological polar surface area (TPSA) is 58.4 Å². The van der Waals surface area contributed by atoms with Gasteiger partial charge in [-0.2, -0.15) is 0 Å². The molecule has 0 aromatic heterocycles. The third-order valence-electron chi connectivity index (χ3n) is 2.76. The van der Waals surface area contributed by atoms with Crippen LogP contribution < -0.4 is 11.2 Å². The standard InChI is InChI=1S/C14H17N3O/c1-2-16-14(18)17(15)10-11-7-8-12-5-3-4-6-13(12)9-11/h3-9H,2,10,15H2,1H3,(H,16,18). The van der Waals surface area contributed by atoms with Crippen LogP contribution in [0.1, 0.15) is 12.5 Å². The zero-order valence-electron chi connectivity index (χ0n) is 10.4. The van der Waals surface area contributed by atoms with Crippen LogP contribution in [0.25, 0.3) is 10.8 Å². The third kappa shape index (κ3) is 2.78. The lowest BCUT2D eigenvalue weighted by Gasteiger charge is -2.17. The number of carbonyl (C=O) groups is 1. The van der Waals surface area contributed by atoms with E-state index in [1.54, 1.807) is 0 Å². The molecule has 0 fully saturated rings. The number of urea groups is 1. The minimum atomic E-state index is -0.259. The van der Waals surface area contributed by atoms with Crippen molar-refractivity contribution in [2.45, 2.75) is 13.5 Å². The Labute approximate surface area is 106 Å². The maximum Gasteiger partial charge on any atom is 0.331 e. The second-order valence-electron chi connectivity index (χ2n) is 4.14. The second-order valence-corrected chi connectivity index (χ2v) is 4.14. The Hall–Kier alpha value is -2.07. The Kier molecular flexibility index (Phi) is 3.79. The number of hydrogen-bond donors (Lipinski definition) is 2. The minimum absolute atomic E-state index is 0.259. The molecular weight excluding hydrogens is 226 g/mol. The molecule has 2 rings (SSSR count). The Morgan fingerprint density at radius 2 is 1.94 bits per heavy atom. The van der Waals surface area contributed by atoms with Gasteiger partial charge in [0, 0.05) is 6.54 Å². The Morgan fingerprint density at radius 1 is 1.22 bits per heavy atom. The summed E-state index contributed by atoms with van der Waals surface area (Å²) in [4.78, 5) is 11.5. The van der Waals surface area contributed by atoms with Gasteiger partial charge in [-0.1, -0.05) is 36.4 Å². The molecule has 2 aromatic carbocycles. The van der Waals surface area contributed by atoms with E-state index >= 15 is 0 Å². The largest absolute Gasteiger partial charge is 0.337 e. The van der Waals surface area contributed by atoms with Gasteiger partial charge in [0.05, 0.1) is 6.54 Å². The Bertz CT molecular complexity index is 553. The summed E-state index contributed by atoms with van der Waals surface area (Å²) in [6.07, 6.45) is 0. The molecular formula is C14H17N3O. The molecule has 4 nitrogen and oxygen atoms in total. The van der Waals surface area contributed by atoms with Gasteiger partial charge >= 0.3 is 6.03 Å². The summed E-state index contributed by atoms with van der Waals surface area (Å²) in [5.41, 5.74) is 1.02. The van der Waals surface area contributed by atoms with E-state index in [4.69, 9.17) is 5.84 Å². The lowest BCUT2D eigenvalue weighted by atomic mass is 10.1. The normalized spacial score (nSPS) is 10.3. The molecule has 4 heteroatoms. The number of amides is 2. The number of nitrogens with zero attached hydrogens (tertiary/aromatic N) is 1. The molecule has 0 radical (unpaired) electrons. The van der Waals surface area contributed by atoms with Gasteiger partial charge in [-0.25, -0.2) is 10.6 Å². The van der Waals surface area contributed by atoms with Crippen molar-refractivity contribution in [2.75, 3.05) is 6.54 Å². The number of hydrogen-bond acceptors (Lipinski definition) is 2. The van der Waals surface area contributed by atoms with E-state index in [0.717, 1.165) is 10.9 Å². The van der Waals surface area contributed by atoms with E-state index in [1.165, 1.54) is 10.4 Å². The predicted octanol–water partition coefficient (Wildman–Crippen LogP) is 2.25. The molecule has 2 aromatic rings. The molecule has 0 saturated carbocycles. The van der Waals surface area contributed by atoms with Crippen LogP contribution in [-0.4, -0.2) is 17.6 Å². The van der Waals surface area contributed by atoms with Crippen LogP contribution in [0.4, 0.5) is 4.79 Å². The van der Waals surface area contributed by atoms with Gasteiger partial charge < -0.3 is 5.32 Å². The van der Waals surface area contributed by atoms with Gasteiger partial charge in [0.1, 0.15) is 0 Å². The zero-order valence-corrected chi connectivity index (χ0v) is 10.4. The first-order chi connectivity index (χ1) is 8.70. The van der Waals surface area contributed by atoms with Crippen LogP contribution in [0.15, 0.2) is 42.5 Å². The summed E-state index contributed by atoms with van der Waals surface area (Å²) in [6, 6.07) is 13.9. The molecule has 94 valence electrons. The molecule has 0 atom stereocenters. The molecule has 0 heterocycles. The zero-order chi connectivity index (χ0) is 13.0. The molecule has 0 aliphatic rings. The number of rotatable bonds is 3. The van der Waals surface area contributed by atoms with Crippen molar-refractivity contribution >= 4 is 16.8 Å². The van der Waals surface area contributed by atoms with Crippen molar-refractivity contribution in [1.82, 2.24) is 10.3 Å². The number of nitrogens with two attached hydrogens (primary N) is 1. The summed E-state index contributed by atoms with van der Waals surface area (Å²) >= 11 is 0. The van der Waals surface area contributed by atoms with Gasteiger partial charge in [0.2, 0.25) is 0 Å². The fraction of sp³-hybridized carbons (Fsp3) is 0.214. The monoisotopic (exact) mass is 243 g/mol. The van der Waals surface area contributed by atoms with Gasteiger partial charge in [0.25, 0.3) is 0 Å². The molecule has 0 aliphatic heterocycles. The molecule has 2 amide bonds. The smallest absolute Gasteiger partial charge is 0.331 e. The van der Waals surface area contributed by atoms with Crippen LogP contribution in [0.5, 0.6) is 0 Å². The van der Waals surface area contributed by atoms with E-state index in [0.29, 0.717) is 13.1 Å². The van der Waals surface area contributed by atoms with Gasteiger partial charge in [-0.05, 0) is 29.3 Å². The van der Waals surface area contributed by atoms with Gasteiger partial charge in [-0.15, -0.1) is 0 Å². The highest BCUT2D eigenvalue weighted by Gasteiger charge is 2.08. The van der Waals surface area contributed by atoms with Crippen LogP contribution >= 0.6 is 0 Å². The first kappa shape index (κ1) is 12.4. The number of carbonyl (C=O) groups excluding carboxylic acids is 1. The van der Waals surface area contributed by atoms with E-state index in [1.807, 2.05) is 37.3 Å². The highest BCUT2D eigenvalue weighted by Crippen LogP contribution is 2.16. The number of benzene rings is 2. The molecule has 0 unspecified atom stereocenters. The lowest BCUT2D eigenvalue weighted by Crippen LogP contribution is -2.43. The summed E-state index contributed by atoms with van der Waals surface area (Å²) in [5.74, 6) is 5.70. The summed E-state index contributed by atoms with van der Waals surface area (Å²) in [6.45, 7) is 2.84. The Morgan fingerprint density at radius 3 is 2.67 bits per heavy atom. The number of nitrogens with one attached hydrogen (secondary N) is 1. The molecule has 18 heavy (non-hydrogen) atoms. The summed E-state index contributed by atoms with van der Waals surface area (Å²) < 4.78 is 0. The highest BCUT2D eigenvalue weighted by atomic mass is 16.2. The van der Waals surface area contributed by atoms with Gasteiger partial charge in [-0.3, -0.25) is 5.01 Å². The quantitative estimate of drug-likeness (QED) is 0.493. The van der Waals surface area contributed by atoms with Crippen molar-refractivity contribution in [3.63, 3.8) is 0 Å². The summed E-state index contributed by atoms with van der Waals surface area (Å²) in [7, 11) is 0. The molecule has 3 N–H and O–H groups in total. The first-order valence-electron chi connectivity index (χ1n) is 5.98.